The van der Waals surface area contributed by atoms with Gasteiger partial charge >= 0.3 is 0 Å². The molecule has 1 aromatic rings. The summed E-state index contributed by atoms with van der Waals surface area (Å²) in [5, 5.41) is 0. The van der Waals surface area contributed by atoms with E-state index in [0.29, 0.717) is 23.6 Å². The number of anilines is 2. The molecule has 5 heteroatoms. The topological polar surface area (TPSA) is 60.6 Å². The van der Waals surface area contributed by atoms with Gasteiger partial charge in [-0.3, -0.25) is 0 Å². The highest BCUT2D eigenvalue weighted by Gasteiger charge is 2.25. The van der Waals surface area contributed by atoms with Gasteiger partial charge in [0.2, 0.25) is 5.88 Å². The maximum absolute atomic E-state index is 5.92. The molecule has 1 saturated carbocycles. The molecule has 0 radical (unpaired) electrons. The zero-order chi connectivity index (χ0) is 13.2. The van der Waals surface area contributed by atoms with Crippen LogP contribution in [0.5, 0.6) is 5.88 Å². The second kappa shape index (κ2) is 5.25. The first-order valence-electron chi connectivity index (χ1n) is 6.93. The van der Waals surface area contributed by atoms with Crippen molar-refractivity contribution in [3.8, 4) is 5.88 Å². The van der Waals surface area contributed by atoms with Crippen LogP contribution in [0.25, 0.3) is 0 Å². The Balaban J connectivity index is 1.69. The van der Waals surface area contributed by atoms with E-state index in [4.69, 9.17) is 15.2 Å². The molecule has 0 bridgehead atoms. The van der Waals surface area contributed by atoms with Crippen LogP contribution < -0.4 is 15.4 Å². The SMILES string of the molecule is COC1CCN(c2ccc(N)c(OCC3CC3)n2)C1. The summed E-state index contributed by atoms with van der Waals surface area (Å²) in [5.41, 5.74) is 6.54. The summed E-state index contributed by atoms with van der Waals surface area (Å²) in [7, 11) is 1.76. The standard InChI is InChI=1S/C14H21N3O2/c1-18-11-6-7-17(8-11)13-5-4-12(15)14(16-13)19-9-10-2-3-10/h4-5,10-11H,2-3,6-9,15H2,1H3. The summed E-state index contributed by atoms with van der Waals surface area (Å²) in [6, 6.07) is 3.84. The number of nitrogen functional groups attached to an aromatic ring is 1. The van der Waals surface area contributed by atoms with E-state index in [0.717, 1.165) is 31.9 Å². The fourth-order valence-electron chi connectivity index (χ4n) is 2.34. The zero-order valence-corrected chi connectivity index (χ0v) is 11.3. The Labute approximate surface area is 113 Å². The van der Waals surface area contributed by atoms with Crippen LogP contribution in [0.1, 0.15) is 19.3 Å². The lowest BCUT2D eigenvalue weighted by atomic mass is 10.3. The summed E-state index contributed by atoms with van der Waals surface area (Å²) < 4.78 is 11.1. The number of methoxy groups -OCH3 is 1. The Kier molecular flexibility index (Phi) is 3.46. The number of rotatable bonds is 5. The Morgan fingerprint density at radius 1 is 1.37 bits per heavy atom. The minimum absolute atomic E-state index is 0.301. The molecular formula is C14H21N3O2. The van der Waals surface area contributed by atoms with Crippen molar-refractivity contribution in [3.05, 3.63) is 12.1 Å². The molecule has 2 aliphatic rings. The molecule has 1 atom stereocenters. The van der Waals surface area contributed by atoms with Crippen molar-refractivity contribution in [1.82, 2.24) is 4.98 Å². The summed E-state index contributed by atoms with van der Waals surface area (Å²) in [4.78, 5) is 6.77. The molecule has 2 N–H and O–H groups in total. The van der Waals surface area contributed by atoms with Gasteiger partial charge in [-0.2, -0.15) is 4.98 Å². The van der Waals surface area contributed by atoms with Crippen LogP contribution in [0.4, 0.5) is 11.5 Å². The van der Waals surface area contributed by atoms with E-state index in [1.807, 2.05) is 12.1 Å². The van der Waals surface area contributed by atoms with Gasteiger partial charge < -0.3 is 20.1 Å². The van der Waals surface area contributed by atoms with Crippen LogP contribution in [0.2, 0.25) is 0 Å². The second-order valence-electron chi connectivity index (χ2n) is 5.41. The zero-order valence-electron chi connectivity index (χ0n) is 11.3. The number of hydrogen-bond donors (Lipinski definition) is 1. The third kappa shape index (κ3) is 2.92. The van der Waals surface area contributed by atoms with E-state index in [9.17, 15) is 0 Å². The Morgan fingerprint density at radius 2 is 2.21 bits per heavy atom. The molecule has 1 unspecified atom stereocenters. The average molecular weight is 263 g/mol. The van der Waals surface area contributed by atoms with Gasteiger partial charge in [-0.25, -0.2) is 0 Å². The Morgan fingerprint density at radius 3 is 2.89 bits per heavy atom. The number of nitrogens with two attached hydrogens (primary N) is 1. The van der Waals surface area contributed by atoms with Gasteiger partial charge in [-0.1, -0.05) is 0 Å². The molecule has 0 aromatic carbocycles. The number of hydrogen-bond acceptors (Lipinski definition) is 5. The quantitative estimate of drug-likeness (QED) is 0.875. The van der Waals surface area contributed by atoms with Crippen LogP contribution in [0.3, 0.4) is 0 Å². The minimum atomic E-state index is 0.301. The monoisotopic (exact) mass is 263 g/mol. The highest BCUT2D eigenvalue weighted by molar-refractivity contribution is 5.55. The lowest BCUT2D eigenvalue weighted by molar-refractivity contribution is 0.121. The average Bonchev–Trinajstić information content (AvgIpc) is 3.13. The van der Waals surface area contributed by atoms with Crippen molar-refractivity contribution >= 4 is 11.5 Å². The molecule has 19 heavy (non-hydrogen) atoms. The van der Waals surface area contributed by atoms with E-state index < -0.39 is 0 Å². The molecule has 5 nitrogen and oxygen atoms in total. The molecule has 2 heterocycles. The second-order valence-corrected chi connectivity index (χ2v) is 5.41. The van der Waals surface area contributed by atoms with E-state index >= 15 is 0 Å². The van der Waals surface area contributed by atoms with Crippen LogP contribution in [0.15, 0.2) is 12.1 Å². The van der Waals surface area contributed by atoms with E-state index in [-0.39, 0.29) is 0 Å². The van der Waals surface area contributed by atoms with Crippen molar-refractivity contribution in [3.63, 3.8) is 0 Å². The highest BCUT2D eigenvalue weighted by atomic mass is 16.5. The number of aromatic nitrogens is 1. The first-order chi connectivity index (χ1) is 9.26. The largest absolute Gasteiger partial charge is 0.476 e. The molecule has 1 aliphatic carbocycles. The molecule has 1 saturated heterocycles. The third-order valence-electron chi connectivity index (χ3n) is 3.83. The molecule has 1 aromatic heterocycles. The van der Waals surface area contributed by atoms with E-state index in [2.05, 4.69) is 9.88 Å². The fraction of sp³-hybridized carbons (Fsp3) is 0.643. The maximum atomic E-state index is 5.92. The summed E-state index contributed by atoms with van der Waals surface area (Å²) in [5.74, 6) is 2.21. The first kappa shape index (κ1) is 12.5. The fourth-order valence-corrected chi connectivity index (χ4v) is 2.34. The van der Waals surface area contributed by atoms with E-state index in [1.54, 1.807) is 7.11 Å². The van der Waals surface area contributed by atoms with Gasteiger partial charge in [0.05, 0.1) is 18.4 Å². The highest BCUT2D eigenvalue weighted by Crippen LogP contribution is 2.31. The van der Waals surface area contributed by atoms with Gasteiger partial charge in [0.1, 0.15) is 5.82 Å². The van der Waals surface area contributed by atoms with Crippen molar-refractivity contribution < 1.29 is 9.47 Å². The Hall–Kier alpha value is -1.49. The summed E-state index contributed by atoms with van der Waals surface area (Å²) >= 11 is 0. The lowest BCUT2D eigenvalue weighted by Crippen LogP contribution is -2.23. The molecule has 0 spiro atoms. The van der Waals surface area contributed by atoms with Crippen LogP contribution in [-0.2, 0) is 4.74 Å². The van der Waals surface area contributed by atoms with Gasteiger partial charge in [0.15, 0.2) is 0 Å². The number of pyridine rings is 1. The van der Waals surface area contributed by atoms with Gasteiger partial charge in [0.25, 0.3) is 0 Å². The third-order valence-corrected chi connectivity index (χ3v) is 3.83. The van der Waals surface area contributed by atoms with Gasteiger partial charge in [-0.15, -0.1) is 0 Å². The molecule has 0 amide bonds. The molecular weight excluding hydrogens is 242 g/mol. The van der Waals surface area contributed by atoms with Crippen LogP contribution in [0, 0.1) is 5.92 Å². The van der Waals surface area contributed by atoms with Gasteiger partial charge in [-0.05, 0) is 37.3 Å². The van der Waals surface area contributed by atoms with Crippen LogP contribution in [-0.4, -0.2) is 37.9 Å². The normalized spacial score (nSPS) is 22.8. The van der Waals surface area contributed by atoms with Crippen LogP contribution >= 0.6 is 0 Å². The first-order valence-corrected chi connectivity index (χ1v) is 6.93. The molecule has 1 aliphatic heterocycles. The minimum Gasteiger partial charge on any atom is -0.476 e. The smallest absolute Gasteiger partial charge is 0.239 e. The lowest BCUT2D eigenvalue weighted by Gasteiger charge is -2.18. The van der Waals surface area contributed by atoms with Crippen molar-refractivity contribution in [2.24, 2.45) is 5.92 Å². The van der Waals surface area contributed by atoms with Crippen molar-refractivity contribution in [2.75, 3.05) is 37.4 Å². The predicted octanol–water partition coefficient (Wildman–Crippen LogP) is 1.68. The van der Waals surface area contributed by atoms with Crippen molar-refractivity contribution in [2.45, 2.75) is 25.4 Å². The van der Waals surface area contributed by atoms with Gasteiger partial charge in [0, 0.05) is 20.2 Å². The van der Waals surface area contributed by atoms with E-state index in [1.165, 1.54) is 12.8 Å². The molecule has 2 fully saturated rings. The number of nitrogens with zero attached hydrogens (tertiary/aromatic N) is 2. The van der Waals surface area contributed by atoms with Crippen molar-refractivity contribution in [1.29, 1.82) is 0 Å². The molecule has 104 valence electrons. The predicted molar refractivity (Wildman–Crippen MR) is 74.5 cm³/mol. The maximum Gasteiger partial charge on any atom is 0.239 e. The molecule has 3 rings (SSSR count). The Bertz CT molecular complexity index is 448. The summed E-state index contributed by atoms with van der Waals surface area (Å²) in [6.07, 6.45) is 3.87. The summed E-state index contributed by atoms with van der Waals surface area (Å²) in [6.45, 7) is 2.59. The number of ether oxygens (including phenoxy) is 2.